The van der Waals surface area contributed by atoms with Gasteiger partial charge in [0.15, 0.2) is 0 Å². The summed E-state index contributed by atoms with van der Waals surface area (Å²) in [7, 11) is -2.13. The SMILES string of the molecule is CCCCCCCC[Si]1(CCCCCCCC)c2cc(C)ccc2-c2ccc(-c3sc(-c4ccc(-c5cc(CCCCCC)c(C)s5)c5nc(-c6ccc(-c7ccccc7)cc6)c(-c6ccc(-c7ccccc7)cc6)nc45)cc3CCCCCC)cc21. The summed E-state index contributed by atoms with van der Waals surface area (Å²) in [5, 5.41) is 3.45. The molecular formula is C82H94N2S2Si. The molecule has 0 saturated carbocycles. The Balaban J connectivity index is 1.09. The molecule has 0 N–H and O–H groups in total. The van der Waals surface area contributed by atoms with Crippen LogP contribution in [0.3, 0.4) is 0 Å². The molecule has 0 spiro atoms. The Morgan fingerprint density at radius 2 is 0.724 bits per heavy atom. The maximum absolute atomic E-state index is 6.02. The number of aromatic nitrogens is 2. The lowest BCUT2D eigenvalue weighted by Gasteiger charge is -2.31. The fraction of sp³-hybridized carbons (Fsp3) is 0.366. The maximum Gasteiger partial charge on any atom is 0.119 e. The van der Waals surface area contributed by atoms with Gasteiger partial charge < -0.3 is 0 Å². The first-order chi connectivity index (χ1) is 42.8. The molecule has 0 atom stereocenters. The van der Waals surface area contributed by atoms with E-state index in [1.54, 1.807) is 10.4 Å². The van der Waals surface area contributed by atoms with Crippen LogP contribution in [0.4, 0.5) is 0 Å². The van der Waals surface area contributed by atoms with Gasteiger partial charge in [-0.3, -0.25) is 0 Å². The van der Waals surface area contributed by atoms with Gasteiger partial charge in [-0.1, -0.05) is 307 Å². The summed E-state index contributed by atoms with van der Waals surface area (Å²) >= 11 is 3.93. The van der Waals surface area contributed by atoms with E-state index in [9.17, 15) is 0 Å². The largest absolute Gasteiger partial charge is 0.243 e. The highest BCUT2D eigenvalue weighted by Crippen LogP contribution is 2.47. The molecule has 0 amide bonds. The van der Waals surface area contributed by atoms with Crippen LogP contribution in [-0.2, 0) is 12.8 Å². The Hall–Kier alpha value is -6.50. The number of aryl methyl sites for hydroxylation is 4. The predicted octanol–water partition coefficient (Wildman–Crippen LogP) is 24.5. The summed E-state index contributed by atoms with van der Waals surface area (Å²) in [6.45, 7) is 14.0. The van der Waals surface area contributed by atoms with Crippen molar-refractivity contribution in [2.75, 3.05) is 0 Å². The molecule has 0 radical (unpaired) electrons. The zero-order valence-electron chi connectivity index (χ0n) is 53.3. The van der Waals surface area contributed by atoms with Crippen LogP contribution in [0.25, 0.3) is 98.3 Å². The highest BCUT2D eigenvalue weighted by Gasteiger charge is 2.45. The van der Waals surface area contributed by atoms with E-state index in [-0.39, 0.29) is 0 Å². The lowest BCUT2D eigenvalue weighted by Crippen LogP contribution is -2.55. The molecule has 0 aliphatic carbocycles. The molecular weight excluding hydrogens is 1110 g/mol. The first-order valence-electron chi connectivity index (χ1n) is 34.0. The Morgan fingerprint density at radius 1 is 0.333 bits per heavy atom. The van der Waals surface area contributed by atoms with E-state index < -0.39 is 8.07 Å². The van der Waals surface area contributed by atoms with Crippen molar-refractivity contribution in [3.8, 4) is 87.2 Å². The van der Waals surface area contributed by atoms with Crippen LogP contribution < -0.4 is 10.4 Å². The van der Waals surface area contributed by atoms with Crippen LogP contribution in [-0.4, -0.2) is 18.0 Å². The minimum Gasteiger partial charge on any atom is -0.243 e. The van der Waals surface area contributed by atoms with Crippen molar-refractivity contribution in [2.45, 2.75) is 195 Å². The fourth-order valence-electron chi connectivity index (χ4n) is 14.0. The van der Waals surface area contributed by atoms with Gasteiger partial charge in [-0.2, -0.15) is 0 Å². The molecule has 0 fully saturated rings. The highest BCUT2D eigenvalue weighted by molar-refractivity contribution is 7.19. The van der Waals surface area contributed by atoms with E-state index in [1.165, 1.54) is 227 Å². The minimum atomic E-state index is -2.13. The summed E-state index contributed by atoms with van der Waals surface area (Å²) in [6, 6.07) is 67.5. The van der Waals surface area contributed by atoms with Crippen molar-refractivity contribution in [2.24, 2.45) is 0 Å². The topological polar surface area (TPSA) is 25.8 Å². The number of fused-ring (bicyclic) bond motifs is 4. The zero-order valence-corrected chi connectivity index (χ0v) is 56.0. The number of rotatable bonds is 31. The van der Waals surface area contributed by atoms with E-state index in [0.29, 0.717) is 0 Å². The van der Waals surface area contributed by atoms with Gasteiger partial charge in [0.05, 0.1) is 22.4 Å². The molecule has 7 aromatic carbocycles. The van der Waals surface area contributed by atoms with Crippen molar-refractivity contribution < 1.29 is 0 Å². The lowest BCUT2D eigenvalue weighted by atomic mass is 9.97. The quantitative estimate of drug-likeness (QED) is 0.0320. The third-order valence-electron chi connectivity index (χ3n) is 19.0. The second kappa shape index (κ2) is 30.1. The van der Waals surface area contributed by atoms with Crippen molar-refractivity contribution >= 4 is 52.2 Å². The Kier molecular flexibility index (Phi) is 21.5. The molecule has 10 aromatic rings. The number of hydrogen-bond acceptors (Lipinski definition) is 4. The predicted molar refractivity (Wildman–Crippen MR) is 385 cm³/mol. The minimum absolute atomic E-state index is 0.911. The summed E-state index contributed by atoms with van der Waals surface area (Å²) in [6.07, 6.45) is 28.3. The normalized spacial score (nSPS) is 12.5. The van der Waals surface area contributed by atoms with Crippen LogP contribution in [0.5, 0.6) is 0 Å². The summed E-state index contributed by atoms with van der Waals surface area (Å²) in [4.78, 5) is 17.4. The molecule has 448 valence electrons. The second-order valence-corrected chi connectivity index (χ2v) is 31.9. The molecule has 4 heterocycles. The summed E-state index contributed by atoms with van der Waals surface area (Å²) in [5.74, 6) is 0. The molecule has 3 aromatic heterocycles. The summed E-state index contributed by atoms with van der Waals surface area (Å²) in [5.41, 5.74) is 21.9. The smallest absolute Gasteiger partial charge is 0.119 e. The zero-order chi connectivity index (χ0) is 60.0. The molecule has 11 rings (SSSR count). The van der Waals surface area contributed by atoms with Gasteiger partial charge >= 0.3 is 0 Å². The Morgan fingerprint density at radius 3 is 1.24 bits per heavy atom. The van der Waals surface area contributed by atoms with Crippen LogP contribution in [0, 0.1) is 13.8 Å². The molecule has 2 nitrogen and oxygen atoms in total. The van der Waals surface area contributed by atoms with E-state index in [1.807, 2.05) is 22.7 Å². The van der Waals surface area contributed by atoms with Crippen LogP contribution in [0.2, 0.25) is 12.1 Å². The monoisotopic (exact) mass is 1200 g/mol. The highest BCUT2D eigenvalue weighted by atomic mass is 32.1. The lowest BCUT2D eigenvalue weighted by molar-refractivity contribution is 0.616. The number of unbranched alkanes of at least 4 members (excludes halogenated alkanes) is 16. The van der Waals surface area contributed by atoms with E-state index in [2.05, 4.69) is 211 Å². The second-order valence-electron chi connectivity index (χ2n) is 25.4. The van der Waals surface area contributed by atoms with Gasteiger partial charge in [0, 0.05) is 41.8 Å². The third kappa shape index (κ3) is 14.3. The molecule has 87 heavy (non-hydrogen) atoms. The van der Waals surface area contributed by atoms with E-state index >= 15 is 0 Å². The van der Waals surface area contributed by atoms with Crippen molar-refractivity contribution in [1.29, 1.82) is 0 Å². The van der Waals surface area contributed by atoms with Crippen LogP contribution >= 0.6 is 22.7 Å². The molecule has 0 unspecified atom stereocenters. The van der Waals surface area contributed by atoms with Crippen LogP contribution in [0.15, 0.2) is 170 Å². The molecule has 1 aliphatic rings. The number of thiophene rings is 2. The Labute approximate surface area is 532 Å². The van der Waals surface area contributed by atoms with E-state index in [0.717, 1.165) is 46.4 Å². The average molecular weight is 1200 g/mol. The number of nitrogens with zero attached hydrogens (tertiary/aromatic N) is 2. The van der Waals surface area contributed by atoms with Crippen LogP contribution in [0.1, 0.15) is 178 Å². The molecule has 0 bridgehead atoms. The third-order valence-corrected chi connectivity index (χ3v) is 26.7. The van der Waals surface area contributed by atoms with Gasteiger partial charge in [-0.05, 0) is 124 Å². The van der Waals surface area contributed by atoms with Crippen molar-refractivity contribution in [1.82, 2.24) is 9.97 Å². The summed E-state index contributed by atoms with van der Waals surface area (Å²) < 4.78 is 0. The number of benzene rings is 7. The Bertz CT molecular complexity index is 3820. The molecule has 0 saturated heterocycles. The number of hydrogen-bond donors (Lipinski definition) is 0. The fourth-order valence-corrected chi connectivity index (χ4v) is 22.1. The maximum atomic E-state index is 6.02. The molecule has 5 heteroatoms. The van der Waals surface area contributed by atoms with Gasteiger partial charge in [0.2, 0.25) is 0 Å². The molecule has 1 aliphatic heterocycles. The first-order valence-corrected chi connectivity index (χ1v) is 38.0. The first kappa shape index (κ1) is 62.1. The van der Waals surface area contributed by atoms with Gasteiger partial charge in [-0.25, -0.2) is 9.97 Å². The van der Waals surface area contributed by atoms with E-state index in [4.69, 9.17) is 9.97 Å². The van der Waals surface area contributed by atoms with Crippen molar-refractivity contribution in [3.05, 3.63) is 191 Å². The standard InChI is InChI=1S/C82H94N2S2Si/c1-7-11-15-19-21-31-53-87(54-32-22-20-16-12-8-2)76-55-59(5)39-49-70(76)71-50-48-69(58-77(71)87)82-68(38-26-18-14-10-4)57-75(86-82)73-52-51-72(74-56-67(60(6)85-74)37-25-17-13-9-3)80-81(73)84-79(66-46-42-64(43-47-66)62-35-29-24-30-36-62)78(83-80)65-44-40-63(41-45-65)61-33-27-23-28-34-61/h23-24,27-30,33-36,39-52,55-58H,7-22,25-26,31-32,37-38,53-54H2,1-6H3. The van der Waals surface area contributed by atoms with Gasteiger partial charge in [0.25, 0.3) is 0 Å². The average Bonchev–Trinajstić information content (AvgIpc) is 1.63. The van der Waals surface area contributed by atoms with Gasteiger partial charge in [-0.15, -0.1) is 22.7 Å². The van der Waals surface area contributed by atoms with Crippen molar-refractivity contribution in [3.63, 3.8) is 0 Å². The van der Waals surface area contributed by atoms with Gasteiger partial charge in [0.1, 0.15) is 8.07 Å².